The summed E-state index contributed by atoms with van der Waals surface area (Å²) in [6.45, 7) is 2.22. The second-order valence-electron chi connectivity index (χ2n) is 6.89. The number of carbonyl (C=O) groups excluding carboxylic acids is 2. The van der Waals surface area contributed by atoms with Gasteiger partial charge in [-0.25, -0.2) is 4.79 Å². The van der Waals surface area contributed by atoms with E-state index >= 15 is 0 Å². The van der Waals surface area contributed by atoms with Crippen molar-refractivity contribution in [3.8, 4) is 5.75 Å². The molecule has 0 unspecified atom stereocenters. The Hall–Kier alpha value is -3.02. The van der Waals surface area contributed by atoms with Gasteiger partial charge in [-0.15, -0.1) is 0 Å². The van der Waals surface area contributed by atoms with E-state index in [1.165, 1.54) is 0 Å². The molecule has 2 N–H and O–H groups in total. The number of likely N-dealkylation sites (tertiary alicyclic amines) is 1. The second-order valence-corrected chi connectivity index (χ2v) is 6.89. The molecule has 0 saturated carbocycles. The Morgan fingerprint density at radius 1 is 1.04 bits per heavy atom. The minimum absolute atomic E-state index is 0.0278. The van der Waals surface area contributed by atoms with E-state index in [0.29, 0.717) is 26.2 Å². The van der Waals surface area contributed by atoms with Crippen molar-refractivity contribution in [1.82, 2.24) is 10.2 Å². The predicted octanol–water partition coefficient (Wildman–Crippen LogP) is 3.52. The number of rotatable bonds is 7. The highest BCUT2D eigenvalue weighted by atomic mass is 16.5. The van der Waals surface area contributed by atoms with Crippen LogP contribution in [-0.2, 0) is 4.79 Å². The van der Waals surface area contributed by atoms with Crippen LogP contribution < -0.4 is 15.4 Å². The first-order valence-corrected chi connectivity index (χ1v) is 9.79. The number of anilines is 1. The molecule has 3 rings (SSSR count). The van der Waals surface area contributed by atoms with E-state index in [2.05, 4.69) is 10.6 Å². The Labute approximate surface area is 165 Å². The summed E-state index contributed by atoms with van der Waals surface area (Å²) in [6.07, 6.45) is 2.36. The van der Waals surface area contributed by atoms with Crippen molar-refractivity contribution < 1.29 is 14.3 Å². The van der Waals surface area contributed by atoms with E-state index in [4.69, 9.17) is 4.74 Å². The maximum absolute atomic E-state index is 12.5. The minimum atomic E-state index is -0.180. The van der Waals surface area contributed by atoms with Gasteiger partial charge in [0, 0.05) is 25.3 Å². The van der Waals surface area contributed by atoms with Crippen molar-refractivity contribution in [3.63, 3.8) is 0 Å². The van der Waals surface area contributed by atoms with E-state index < -0.39 is 0 Å². The number of benzene rings is 2. The van der Waals surface area contributed by atoms with Crippen molar-refractivity contribution in [2.75, 3.05) is 31.6 Å². The van der Waals surface area contributed by atoms with Crippen LogP contribution in [-0.4, -0.2) is 43.1 Å². The van der Waals surface area contributed by atoms with E-state index in [0.717, 1.165) is 30.7 Å². The van der Waals surface area contributed by atoms with Crippen LogP contribution in [0.15, 0.2) is 60.7 Å². The summed E-state index contributed by atoms with van der Waals surface area (Å²) < 4.78 is 5.62. The third-order valence-corrected chi connectivity index (χ3v) is 4.73. The monoisotopic (exact) mass is 381 g/mol. The zero-order valence-electron chi connectivity index (χ0n) is 16.0. The number of amides is 3. The number of para-hydroxylation sites is 2. The van der Waals surface area contributed by atoms with Gasteiger partial charge >= 0.3 is 6.03 Å². The number of hydrogen-bond acceptors (Lipinski definition) is 3. The third-order valence-electron chi connectivity index (χ3n) is 4.73. The molecule has 1 atom stereocenters. The highest BCUT2D eigenvalue weighted by molar-refractivity contribution is 5.93. The lowest BCUT2D eigenvalue weighted by Crippen LogP contribution is -2.48. The predicted molar refractivity (Wildman–Crippen MR) is 109 cm³/mol. The summed E-state index contributed by atoms with van der Waals surface area (Å²) in [7, 11) is 0. The van der Waals surface area contributed by atoms with Gasteiger partial charge in [0.2, 0.25) is 5.91 Å². The number of piperidine rings is 1. The number of nitrogens with one attached hydrogen (secondary N) is 2. The normalized spacial score (nSPS) is 16.3. The first-order valence-electron chi connectivity index (χ1n) is 9.79. The van der Waals surface area contributed by atoms with Crippen LogP contribution in [0.4, 0.5) is 10.5 Å². The van der Waals surface area contributed by atoms with Crippen LogP contribution in [0.25, 0.3) is 0 Å². The zero-order chi connectivity index (χ0) is 19.6. The van der Waals surface area contributed by atoms with Crippen molar-refractivity contribution in [2.24, 2.45) is 5.92 Å². The minimum Gasteiger partial charge on any atom is -0.494 e. The average Bonchev–Trinajstić information content (AvgIpc) is 2.75. The second kappa shape index (κ2) is 10.3. The molecule has 6 heteroatoms. The van der Waals surface area contributed by atoms with Gasteiger partial charge in [0.25, 0.3) is 0 Å². The smallest absolute Gasteiger partial charge is 0.317 e. The number of ether oxygens (including phenoxy) is 1. The molecule has 1 fully saturated rings. The largest absolute Gasteiger partial charge is 0.494 e. The molecule has 0 radical (unpaired) electrons. The highest BCUT2D eigenvalue weighted by Gasteiger charge is 2.28. The van der Waals surface area contributed by atoms with Crippen LogP contribution in [0.2, 0.25) is 0 Å². The van der Waals surface area contributed by atoms with Crippen LogP contribution in [0.5, 0.6) is 5.75 Å². The highest BCUT2D eigenvalue weighted by Crippen LogP contribution is 2.19. The van der Waals surface area contributed by atoms with Crippen LogP contribution in [0.3, 0.4) is 0 Å². The van der Waals surface area contributed by atoms with Gasteiger partial charge in [0.15, 0.2) is 0 Å². The molecule has 2 aromatic carbocycles. The van der Waals surface area contributed by atoms with E-state index in [-0.39, 0.29) is 17.9 Å². The summed E-state index contributed by atoms with van der Waals surface area (Å²) in [5, 5.41) is 5.86. The summed E-state index contributed by atoms with van der Waals surface area (Å²) in [4.78, 5) is 26.6. The Kier molecular flexibility index (Phi) is 7.29. The zero-order valence-corrected chi connectivity index (χ0v) is 16.0. The molecule has 6 nitrogen and oxygen atoms in total. The van der Waals surface area contributed by atoms with Gasteiger partial charge in [-0.3, -0.25) is 4.79 Å². The quantitative estimate of drug-likeness (QED) is 0.721. The van der Waals surface area contributed by atoms with Crippen molar-refractivity contribution in [1.29, 1.82) is 0 Å². The molecule has 0 aromatic heterocycles. The molecular formula is C22H27N3O3. The summed E-state index contributed by atoms with van der Waals surface area (Å²) in [6, 6.07) is 18.9. The van der Waals surface area contributed by atoms with E-state index in [1.807, 2.05) is 60.7 Å². The summed E-state index contributed by atoms with van der Waals surface area (Å²) in [5.41, 5.74) is 0.785. The number of urea groups is 1. The fourth-order valence-electron chi connectivity index (χ4n) is 3.23. The Morgan fingerprint density at radius 3 is 2.50 bits per heavy atom. The first-order chi connectivity index (χ1) is 13.7. The van der Waals surface area contributed by atoms with Crippen molar-refractivity contribution >= 4 is 17.6 Å². The Morgan fingerprint density at radius 2 is 1.75 bits per heavy atom. The number of carbonyl (C=O) groups is 2. The molecule has 1 saturated heterocycles. The summed E-state index contributed by atoms with van der Waals surface area (Å²) >= 11 is 0. The number of hydrogen-bond donors (Lipinski definition) is 2. The molecule has 28 heavy (non-hydrogen) atoms. The number of nitrogens with zero attached hydrogens (tertiary/aromatic N) is 1. The maximum atomic E-state index is 12.5. The van der Waals surface area contributed by atoms with Gasteiger partial charge in [0.1, 0.15) is 5.75 Å². The molecule has 0 aliphatic carbocycles. The Balaban J connectivity index is 1.37. The third kappa shape index (κ3) is 6.01. The molecule has 3 amide bonds. The molecule has 0 spiro atoms. The van der Waals surface area contributed by atoms with Crippen molar-refractivity contribution in [3.05, 3.63) is 60.7 Å². The van der Waals surface area contributed by atoms with E-state index in [1.54, 1.807) is 4.90 Å². The molecule has 148 valence electrons. The Bertz CT molecular complexity index is 752. The lowest BCUT2D eigenvalue weighted by Gasteiger charge is -2.32. The molecule has 2 aromatic rings. The molecular weight excluding hydrogens is 354 g/mol. The maximum Gasteiger partial charge on any atom is 0.317 e. The van der Waals surface area contributed by atoms with Gasteiger partial charge in [0.05, 0.1) is 12.5 Å². The topological polar surface area (TPSA) is 70.7 Å². The average molecular weight is 381 g/mol. The molecule has 1 aliphatic heterocycles. The lowest BCUT2D eigenvalue weighted by molar-refractivity contribution is -0.121. The van der Waals surface area contributed by atoms with Gasteiger partial charge in [-0.05, 0) is 43.5 Å². The van der Waals surface area contributed by atoms with Gasteiger partial charge < -0.3 is 20.3 Å². The molecule has 1 aliphatic rings. The molecule has 1 heterocycles. The first kappa shape index (κ1) is 19.7. The van der Waals surface area contributed by atoms with Crippen LogP contribution in [0.1, 0.15) is 19.3 Å². The van der Waals surface area contributed by atoms with E-state index in [9.17, 15) is 9.59 Å². The lowest BCUT2D eigenvalue weighted by atomic mass is 9.97. The summed E-state index contributed by atoms with van der Waals surface area (Å²) in [5.74, 6) is 0.623. The molecule has 0 bridgehead atoms. The van der Waals surface area contributed by atoms with Gasteiger partial charge in [-0.2, -0.15) is 0 Å². The standard InChI is InChI=1S/C22H27N3O3/c26-21(24-19-10-3-1-4-11-19)18-9-7-15-25(17-18)22(27)23-14-8-16-28-20-12-5-2-6-13-20/h1-6,10-13,18H,7-9,14-17H2,(H,23,27)(H,24,26)/t18-/m1/s1. The fraction of sp³-hybridized carbons (Fsp3) is 0.364. The van der Waals surface area contributed by atoms with Gasteiger partial charge in [-0.1, -0.05) is 36.4 Å². The fourth-order valence-corrected chi connectivity index (χ4v) is 3.23. The SMILES string of the molecule is O=C(Nc1ccccc1)[C@@H]1CCCN(C(=O)NCCCOc2ccccc2)C1. The van der Waals surface area contributed by atoms with Crippen molar-refractivity contribution in [2.45, 2.75) is 19.3 Å². The van der Waals surface area contributed by atoms with Crippen LogP contribution in [0, 0.1) is 5.92 Å². The van der Waals surface area contributed by atoms with Crippen LogP contribution >= 0.6 is 0 Å².